The van der Waals surface area contributed by atoms with Crippen LogP contribution in [0.25, 0.3) is 0 Å². The Kier molecular flexibility index (Phi) is 4.01. The van der Waals surface area contributed by atoms with Crippen molar-refractivity contribution in [2.24, 2.45) is 11.8 Å². The normalized spacial score (nSPS) is 26.9. The molecule has 2 heteroatoms. The first kappa shape index (κ1) is 12.1. The van der Waals surface area contributed by atoms with E-state index >= 15 is 0 Å². The van der Waals surface area contributed by atoms with E-state index in [9.17, 15) is 4.39 Å². The minimum Gasteiger partial charge on any atom is -0.207 e. The molecule has 88 valence electrons. The third kappa shape index (κ3) is 2.85. The third-order valence-corrected chi connectivity index (χ3v) is 4.71. The van der Waals surface area contributed by atoms with Gasteiger partial charge in [0.25, 0.3) is 0 Å². The summed E-state index contributed by atoms with van der Waals surface area (Å²) < 4.78 is 13.1. The molecule has 0 bridgehead atoms. The molecule has 3 atom stereocenters. The van der Waals surface area contributed by atoms with E-state index in [1.165, 1.54) is 25.3 Å². The Bertz CT molecular complexity index is 350. The van der Waals surface area contributed by atoms with Crippen LogP contribution >= 0.6 is 15.9 Å². The Morgan fingerprint density at radius 1 is 1.44 bits per heavy atom. The molecule has 1 aromatic rings. The first-order chi connectivity index (χ1) is 7.66. The van der Waals surface area contributed by atoms with Crippen molar-refractivity contribution in [3.63, 3.8) is 0 Å². The lowest BCUT2D eigenvalue weighted by molar-refractivity contribution is 0.407. The van der Waals surface area contributed by atoms with Gasteiger partial charge in [-0.2, -0.15) is 0 Å². The van der Waals surface area contributed by atoms with Crippen LogP contribution in [0, 0.1) is 17.7 Å². The lowest BCUT2D eigenvalue weighted by Gasteiger charge is -2.21. The molecule has 1 aliphatic rings. The highest BCUT2D eigenvalue weighted by Gasteiger charge is 2.29. The quantitative estimate of drug-likeness (QED) is 0.714. The summed E-state index contributed by atoms with van der Waals surface area (Å²) in [5, 5.41) is 0. The van der Waals surface area contributed by atoms with Gasteiger partial charge in [0.2, 0.25) is 0 Å². The standard InChI is InChI=1S/C14H18BrF/c1-10-4-2-7-13(10)14(15)9-11-5-3-6-12(16)8-11/h3,5-6,8,10,13-14H,2,4,7,9H2,1H3. The Hall–Kier alpha value is -0.370. The summed E-state index contributed by atoms with van der Waals surface area (Å²) in [6.45, 7) is 2.33. The van der Waals surface area contributed by atoms with Gasteiger partial charge >= 0.3 is 0 Å². The van der Waals surface area contributed by atoms with Crippen LogP contribution in [0.2, 0.25) is 0 Å². The summed E-state index contributed by atoms with van der Waals surface area (Å²) in [6, 6.07) is 6.96. The minimum atomic E-state index is -0.128. The average Bonchev–Trinajstić information content (AvgIpc) is 2.64. The summed E-state index contributed by atoms with van der Waals surface area (Å²) in [6.07, 6.45) is 4.94. The molecular weight excluding hydrogens is 267 g/mol. The molecule has 1 saturated carbocycles. The summed E-state index contributed by atoms with van der Waals surface area (Å²) in [4.78, 5) is 0.492. The van der Waals surface area contributed by atoms with Crippen LogP contribution in [0.1, 0.15) is 31.7 Å². The number of hydrogen-bond donors (Lipinski definition) is 0. The molecule has 2 rings (SSSR count). The van der Waals surface area contributed by atoms with E-state index in [1.807, 2.05) is 6.07 Å². The van der Waals surface area contributed by atoms with Gasteiger partial charge < -0.3 is 0 Å². The van der Waals surface area contributed by atoms with Crippen molar-refractivity contribution in [2.45, 2.75) is 37.4 Å². The highest BCUT2D eigenvalue weighted by Crippen LogP contribution is 2.37. The molecule has 1 fully saturated rings. The maximum atomic E-state index is 13.1. The Balaban J connectivity index is 1.99. The first-order valence-electron chi connectivity index (χ1n) is 6.05. The summed E-state index contributed by atoms with van der Waals surface area (Å²) >= 11 is 3.78. The van der Waals surface area contributed by atoms with Crippen LogP contribution in [0.5, 0.6) is 0 Å². The van der Waals surface area contributed by atoms with Crippen LogP contribution in [0.3, 0.4) is 0 Å². The van der Waals surface area contributed by atoms with Crippen molar-refractivity contribution in [1.29, 1.82) is 0 Å². The summed E-state index contributed by atoms with van der Waals surface area (Å²) in [5.41, 5.74) is 1.10. The Morgan fingerprint density at radius 2 is 2.25 bits per heavy atom. The lowest BCUT2D eigenvalue weighted by atomic mass is 9.91. The molecule has 0 N–H and O–H groups in total. The topological polar surface area (TPSA) is 0 Å². The van der Waals surface area contributed by atoms with E-state index in [2.05, 4.69) is 22.9 Å². The maximum Gasteiger partial charge on any atom is 0.123 e. The molecule has 3 unspecified atom stereocenters. The second-order valence-corrected chi connectivity index (χ2v) is 6.10. The van der Waals surface area contributed by atoms with E-state index in [-0.39, 0.29) is 5.82 Å². The SMILES string of the molecule is CC1CCCC1C(Br)Cc1cccc(F)c1. The molecule has 0 amide bonds. The number of alkyl halides is 1. The van der Waals surface area contributed by atoms with Crippen molar-refractivity contribution in [2.75, 3.05) is 0 Å². The number of hydrogen-bond acceptors (Lipinski definition) is 0. The first-order valence-corrected chi connectivity index (χ1v) is 6.97. The van der Waals surface area contributed by atoms with Crippen LogP contribution in [0.15, 0.2) is 24.3 Å². The molecule has 1 aromatic carbocycles. The van der Waals surface area contributed by atoms with Crippen LogP contribution in [-0.2, 0) is 6.42 Å². The summed E-state index contributed by atoms with van der Waals surface area (Å²) in [5.74, 6) is 1.43. The molecule has 0 spiro atoms. The molecule has 0 saturated heterocycles. The second kappa shape index (κ2) is 5.31. The van der Waals surface area contributed by atoms with Gasteiger partial charge in [-0.15, -0.1) is 0 Å². The minimum absolute atomic E-state index is 0.128. The van der Waals surface area contributed by atoms with E-state index in [4.69, 9.17) is 0 Å². The average molecular weight is 285 g/mol. The van der Waals surface area contributed by atoms with E-state index in [0.717, 1.165) is 23.8 Å². The molecule has 1 aliphatic carbocycles. The fraction of sp³-hybridized carbons (Fsp3) is 0.571. The van der Waals surface area contributed by atoms with E-state index in [0.29, 0.717) is 4.83 Å². The molecule has 16 heavy (non-hydrogen) atoms. The monoisotopic (exact) mass is 284 g/mol. The Morgan fingerprint density at radius 3 is 2.88 bits per heavy atom. The van der Waals surface area contributed by atoms with Gasteiger partial charge in [-0.3, -0.25) is 0 Å². The van der Waals surface area contributed by atoms with E-state index in [1.54, 1.807) is 12.1 Å². The van der Waals surface area contributed by atoms with Gasteiger partial charge in [-0.25, -0.2) is 4.39 Å². The number of halogens is 2. The fourth-order valence-electron chi connectivity index (χ4n) is 2.75. The zero-order valence-electron chi connectivity index (χ0n) is 9.63. The highest BCUT2D eigenvalue weighted by atomic mass is 79.9. The van der Waals surface area contributed by atoms with Crippen molar-refractivity contribution < 1.29 is 4.39 Å². The fourth-order valence-corrected chi connectivity index (χ4v) is 3.91. The molecule has 0 aliphatic heterocycles. The lowest BCUT2D eigenvalue weighted by Crippen LogP contribution is -2.19. The maximum absolute atomic E-state index is 13.1. The largest absolute Gasteiger partial charge is 0.207 e. The van der Waals surface area contributed by atoms with Gasteiger partial charge in [0, 0.05) is 4.83 Å². The van der Waals surface area contributed by atoms with Crippen LogP contribution in [0.4, 0.5) is 4.39 Å². The van der Waals surface area contributed by atoms with Crippen molar-refractivity contribution in [1.82, 2.24) is 0 Å². The zero-order chi connectivity index (χ0) is 11.5. The predicted molar refractivity (Wildman–Crippen MR) is 69.3 cm³/mol. The van der Waals surface area contributed by atoms with Gasteiger partial charge in [0.1, 0.15) is 5.82 Å². The molecule has 0 aromatic heterocycles. The van der Waals surface area contributed by atoms with Crippen LogP contribution in [-0.4, -0.2) is 4.83 Å². The van der Waals surface area contributed by atoms with Crippen molar-refractivity contribution in [3.8, 4) is 0 Å². The van der Waals surface area contributed by atoms with Crippen molar-refractivity contribution >= 4 is 15.9 Å². The smallest absolute Gasteiger partial charge is 0.123 e. The zero-order valence-corrected chi connectivity index (χ0v) is 11.2. The van der Waals surface area contributed by atoms with Gasteiger partial charge in [0.05, 0.1) is 0 Å². The molecule has 0 nitrogen and oxygen atoms in total. The van der Waals surface area contributed by atoms with Crippen molar-refractivity contribution in [3.05, 3.63) is 35.6 Å². The molecule has 0 heterocycles. The number of benzene rings is 1. The van der Waals surface area contributed by atoms with E-state index < -0.39 is 0 Å². The van der Waals surface area contributed by atoms with Crippen LogP contribution < -0.4 is 0 Å². The number of rotatable bonds is 3. The summed E-state index contributed by atoms with van der Waals surface area (Å²) in [7, 11) is 0. The van der Waals surface area contributed by atoms with Gasteiger partial charge in [0.15, 0.2) is 0 Å². The van der Waals surface area contributed by atoms with Gasteiger partial charge in [-0.1, -0.05) is 47.8 Å². The molecular formula is C14H18BrF. The molecule has 0 radical (unpaired) electrons. The Labute approximate surface area is 105 Å². The highest BCUT2D eigenvalue weighted by molar-refractivity contribution is 9.09. The predicted octanol–water partition coefficient (Wildman–Crippen LogP) is 4.57. The second-order valence-electron chi connectivity index (χ2n) is 4.92. The van der Waals surface area contributed by atoms with Gasteiger partial charge in [-0.05, 0) is 42.4 Å². The third-order valence-electron chi connectivity index (χ3n) is 3.71.